The first-order valence-electron chi connectivity index (χ1n) is 3.98. The maximum Gasteiger partial charge on any atom is 0.253 e. The summed E-state index contributed by atoms with van der Waals surface area (Å²) in [5.74, 6) is -0.622. The van der Waals surface area contributed by atoms with E-state index in [0.717, 1.165) is 0 Å². The fourth-order valence-electron chi connectivity index (χ4n) is 0.833. The minimum atomic E-state index is -1.99. The highest BCUT2D eigenvalue weighted by molar-refractivity contribution is 6.68. The fraction of sp³-hybridized carbons (Fsp3) is 0.250. The molecular weight excluding hydrogens is 298 g/mol. The molecule has 0 fully saturated rings. The molecule has 0 saturated heterocycles. The van der Waals surface area contributed by atoms with Gasteiger partial charge in [0.05, 0.1) is 0 Å². The van der Waals surface area contributed by atoms with Crippen molar-refractivity contribution in [1.82, 2.24) is 10.3 Å². The summed E-state index contributed by atoms with van der Waals surface area (Å²) >= 11 is 21.7. The van der Waals surface area contributed by atoms with Gasteiger partial charge in [0, 0.05) is 11.8 Å². The van der Waals surface area contributed by atoms with Crippen molar-refractivity contribution >= 4 is 52.3 Å². The molecule has 1 aromatic rings. The van der Waals surface area contributed by atoms with Gasteiger partial charge in [0.15, 0.2) is 6.23 Å². The molecule has 0 aromatic carbocycles. The number of halogens is 4. The highest BCUT2D eigenvalue weighted by Gasteiger charge is 2.32. The van der Waals surface area contributed by atoms with E-state index in [2.05, 4.69) is 10.3 Å². The normalized spacial score (nSPS) is 13.3. The molecule has 16 heavy (non-hydrogen) atoms. The van der Waals surface area contributed by atoms with Crippen LogP contribution < -0.4 is 5.32 Å². The maximum absolute atomic E-state index is 11.5. The van der Waals surface area contributed by atoms with Gasteiger partial charge in [-0.2, -0.15) is 0 Å². The van der Waals surface area contributed by atoms with Crippen LogP contribution in [0, 0.1) is 0 Å². The van der Waals surface area contributed by atoms with E-state index >= 15 is 0 Å². The largest absolute Gasteiger partial charge is 0.369 e. The second-order valence-corrected chi connectivity index (χ2v) is 5.54. The van der Waals surface area contributed by atoms with Crippen LogP contribution in [0.25, 0.3) is 0 Å². The summed E-state index contributed by atoms with van der Waals surface area (Å²) in [7, 11) is 0. The smallest absolute Gasteiger partial charge is 0.253 e. The summed E-state index contributed by atoms with van der Waals surface area (Å²) in [5, 5.41) is 11.6. The minimum Gasteiger partial charge on any atom is -0.369 e. The molecule has 2 N–H and O–H groups in total. The average Bonchev–Trinajstić information content (AvgIpc) is 2.16. The molecule has 1 rings (SSSR count). The van der Waals surface area contributed by atoms with Crippen molar-refractivity contribution in [3.63, 3.8) is 0 Å². The second kappa shape index (κ2) is 5.38. The monoisotopic (exact) mass is 302 g/mol. The van der Waals surface area contributed by atoms with E-state index < -0.39 is 15.9 Å². The van der Waals surface area contributed by atoms with E-state index in [1.165, 1.54) is 18.3 Å². The topological polar surface area (TPSA) is 62.2 Å². The summed E-state index contributed by atoms with van der Waals surface area (Å²) in [6.07, 6.45) is -0.268. The van der Waals surface area contributed by atoms with Crippen molar-refractivity contribution in [2.24, 2.45) is 0 Å². The lowest BCUT2D eigenvalue weighted by atomic mass is 10.2. The molecule has 8 heteroatoms. The maximum atomic E-state index is 11.5. The molecule has 1 unspecified atom stereocenters. The first-order chi connectivity index (χ1) is 7.30. The molecule has 0 spiro atoms. The first-order valence-corrected chi connectivity index (χ1v) is 5.49. The SMILES string of the molecule is O=C(NC(O)C(Cl)(Cl)Cl)c1ccnc(Cl)c1. The number of nitrogens with one attached hydrogen (secondary N) is 1. The van der Waals surface area contributed by atoms with E-state index in [9.17, 15) is 9.90 Å². The van der Waals surface area contributed by atoms with Crippen molar-refractivity contribution in [1.29, 1.82) is 0 Å². The zero-order valence-electron chi connectivity index (χ0n) is 7.62. The summed E-state index contributed by atoms with van der Waals surface area (Å²) in [6.45, 7) is 0. The van der Waals surface area contributed by atoms with Gasteiger partial charge in [0.1, 0.15) is 5.15 Å². The quantitative estimate of drug-likeness (QED) is 0.500. The Morgan fingerprint density at radius 2 is 2.12 bits per heavy atom. The van der Waals surface area contributed by atoms with Gasteiger partial charge in [-0.1, -0.05) is 46.4 Å². The van der Waals surface area contributed by atoms with Crippen molar-refractivity contribution in [2.45, 2.75) is 10.0 Å². The lowest BCUT2D eigenvalue weighted by Crippen LogP contribution is -2.43. The summed E-state index contributed by atoms with van der Waals surface area (Å²) in [5.41, 5.74) is 0.202. The number of alkyl halides is 3. The van der Waals surface area contributed by atoms with Crippen LogP contribution in [0.1, 0.15) is 10.4 Å². The predicted octanol–water partition coefficient (Wildman–Crippen LogP) is 2.15. The zero-order chi connectivity index (χ0) is 12.3. The third-order valence-corrected chi connectivity index (χ3v) is 2.39. The van der Waals surface area contributed by atoms with Crippen LogP contribution in [-0.2, 0) is 0 Å². The van der Waals surface area contributed by atoms with Gasteiger partial charge >= 0.3 is 0 Å². The fourth-order valence-corrected chi connectivity index (χ4v) is 1.17. The highest BCUT2D eigenvalue weighted by Crippen LogP contribution is 2.28. The molecule has 0 radical (unpaired) electrons. The Bertz CT molecular complexity index is 394. The summed E-state index contributed by atoms with van der Waals surface area (Å²) in [6, 6.07) is 2.73. The number of rotatable bonds is 2. The Balaban J connectivity index is 2.74. The average molecular weight is 304 g/mol. The van der Waals surface area contributed by atoms with Gasteiger partial charge in [-0.05, 0) is 12.1 Å². The Labute approximate surface area is 111 Å². The molecule has 0 aliphatic rings. The Morgan fingerprint density at radius 3 is 2.62 bits per heavy atom. The number of nitrogens with zero attached hydrogens (tertiary/aromatic N) is 1. The predicted molar refractivity (Wildman–Crippen MR) is 63.0 cm³/mol. The molecule has 1 atom stereocenters. The lowest BCUT2D eigenvalue weighted by molar-refractivity contribution is 0.0791. The van der Waals surface area contributed by atoms with E-state index in [4.69, 9.17) is 46.4 Å². The number of aliphatic hydroxyl groups is 1. The van der Waals surface area contributed by atoms with Gasteiger partial charge in [-0.25, -0.2) is 4.98 Å². The number of aromatic nitrogens is 1. The van der Waals surface area contributed by atoms with Crippen LogP contribution in [0.5, 0.6) is 0 Å². The molecule has 1 aromatic heterocycles. The van der Waals surface area contributed by atoms with Crippen LogP contribution >= 0.6 is 46.4 Å². The van der Waals surface area contributed by atoms with Gasteiger partial charge in [0.25, 0.3) is 5.91 Å². The van der Waals surface area contributed by atoms with Crippen LogP contribution in [0.4, 0.5) is 0 Å². The van der Waals surface area contributed by atoms with Crippen LogP contribution in [0.15, 0.2) is 18.3 Å². The number of hydrogen-bond acceptors (Lipinski definition) is 3. The second-order valence-electron chi connectivity index (χ2n) is 2.78. The Hall–Kier alpha value is -0.260. The molecular formula is C8H6Cl4N2O2. The number of carbonyl (C=O) groups is 1. The molecule has 88 valence electrons. The molecule has 0 bridgehead atoms. The highest BCUT2D eigenvalue weighted by atomic mass is 35.6. The third-order valence-electron chi connectivity index (χ3n) is 1.57. The zero-order valence-corrected chi connectivity index (χ0v) is 10.6. The number of pyridine rings is 1. The van der Waals surface area contributed by atoms with Crippen LogP contribution in [-0.4, -0.2) is 26.0 Å². The van der Waals surface area contributed by atoms with E-state index in [1.54, 1.807) is 0 Å². The molecule has 0 aliphatic heterocycles. The van der Waals surface area contributed by atoms with E-state index in [0.29, 0.717) is 0 Å². The van der Waals surface area contributed by atoms with Crippen molar-refractivity contribution < 1.29 is 9.90 Å². The standard InChI is InChI=1S/C8H6Cl4N2O2/c9-5-3-4(1-2-13-5)6(15)14-7(16)8(10,11)12/h1-3,7,16H,(H,14,15). The summed E-state index contributed by atoms with van der Waals surface area (Å²) < 4.78 is -1.99. The molecule has 0 saturated carbocycles. The molecule has 4 nitrogen and oxygen atoms in total. The third kappa shape index (κ3) is 3.96. The van der Waals surface area contributed by atoms with Crippen molar-refractivity contribution in [3.8, 4) is 0 Å². The number of carbonyl (C=O) groups excluding carboxylic acids is 1. The number of aliphatic hydroxyl groups excluding tert-OH is 1. The van der Waals surface area contributed by atoms with Crippen LogP contribution in [0.3, 0.4) is 0 Å². The minimum absolute atomic E-state index is 0.149. The first kappa shape index (κ1) is 13.8. The van der Waals surface area contributed by atoms with Gasteiger partial charge in [-0.15, -0.1) is 0 Å². The number of amides is 1. The summed E-state index contributed by atoms with van der Waals surface area (Å²) in [4.78, 5) is 15.2. The number of hydrogen-bond donors (Lipinski definition) is 2. The van der Waals surface area contributed by atoms with Gasteiger partial charge < -0.3 is 10.4 Å². The van der Waals surface area contributed by atoms with Crippen molar-refractivity contribution in [3.05, 3.63) is 29.0 Å². The van der Waals surface area contributed by atoms with E-state index in [1.807, 2.05) is 0 Å². The molecule has 0 aliphatic carbocycles. The van der Waals surface area contributed by atoms with Crippen molar-refractivity contribution in [2.75, 3.05) is 0 Å². The van der Waals surface area contributed by atoms with E-state index in [-0.39, 0.29) is 10.7 Å². The molecule has 1 heterocycles. The lowest BCUT2D eigenvalue weighted by Gasteiger charge is -2.19. The molecule has 1 amide bonds. The van der Waals surface area contributed by atoms with Gasteiger partial charge in [0.2, 0.25) is 3.79 Å². The van der Waals surface area contributed by atoms with Crippen LogP contribution in [0.2, 0.25) is 5.15 Å². The van der Waals surface area contributed by atoms with Gasteiger partial charge in [-0.3, -0.25) is 4.79 Å². The Morgan fingerprint density at radius 1 is 1.50 bits per heavy atom. The Kier molecular flexibility index (Phi) is 4.64.